The first-order valence-corrected chi connectivity index (χ1v) is 11.4. The third-order valence-electron chi connectivity index (χ3n) is 5.24. The quantitative estimate of drug-likeness (QED) is 0.205. The fourth-order valence-electron chi connectivity index (χ4n) is 3.75. The van der Waals surface area contributed by atoms with E-state index in [0.29, 0.717) is 27.8 Å². The van der Waals surface area contributed by atoms with Crippen LogP contribution in [0.2, 0.25) is 0 Å². The van der Waals surface area contributed by atoms with E-state index < -0.39 is 29.3 Å². The zero-order valence-electron chi connectivity index (χ0n) is 18.9. The molecule has 0 aliphatic heterocycles. The average Bonchev–Trinajstić information content (AvgIpc) is 3.39. The number of nitro groups is 1. The Balaban J connectivity index is 1.71. The number of aryl methyl sites for hydroxylation is 2. The van der Waals surface area contributed by atoms with Crippen LogP contribution in [0.1, 0.15) is 29.8 Å². The molecule has 9 nitrogen and oxygen atoms in total. The van der Waals surface area contributed by atoms with Gasteiger partial charge < -0.3 is 14.9 Å². The van der Waals surface area contributed by atoms with E-state index in [1.54, 1.807) is 30.1 Å². The van der Waals surface area contributed by atoms with E-state index in [2.05, 4.69) is 31.1 Å². The van der Waals surface area contributed by atoms with Crippen LogP contribution in [0.15, 0.2) is 53.4 Å². The smallest absolute Gasteiger partial charge is 0.406 e. The zero-order valence-corrected chi connectivity index (χ0v) is 20.4. The van der Waals surface area contributed by atoms with Crippen molar-refractivity contribution in [1.29, 1.82) is 0 Å². The molecule has 1 atom stereocenters. The molecule has 12 heteroatoms. The number of benzene rings is 1. The highest BCUT2D eigenvalue weighted by atomic mass is 79.9. The summed E-state index contributed by atoms with van der Waals surface area (Å²) in [6.45, 7) is 3.53. The Bertz CT molecular complexity index is 1370. The van der Waals surface area contributed by atoms with Gasteiger partial charge in [-0.25, -0.2) is 8.78 Å². The number of rotatable bonds is 9. The summed E-state index contributed by atoms with van der Waals surface area (Å²) in [6, 6.07) is 7.60. The Morgan fingerprint density at radius 2 is 2.06 bits per heavy atom. The maximum absolute atomic E-state index is 14.3. The van der Waals surface area contributed by atoms with E-state index in [1.807, 2.05) is 13.0 Å². The molecule has 0 unspecified atom stereocenters. The number of halogens is 3. The molecule has 4 rings (SSSR count). The van der Waals surface area contributed by atoms with Gasteiger partial charge in [0.25, 0.3) is 0 Å². The van der Waals surface area contributed by atoms with Gasteiger partial charge in [0.05, 0.1) is 35.1 Å². The van der Waals surface area contributed by atoms with Gasteiger partial charge in [-0.2, -0.15) is 10.2 Å². The van der Waals surface area contributed by atoms with Crippen molar-refractivity contribution in [3.63, 3.8) is 0 Å². The minimum absolute atomic E-state index is 0.0444. The Labute approximate surface area is 207 Å². The monoisotopic (exact) mass is 546 g/mol. The van der Waals surface area contributed by atoms with Gasteiger partial charge in [0.15, 0.2) is 6.20 Å². The molecular formula is C23H21BrF2N6O3. The summed E-state index contributed by atoms with van der Waals surface area (Å²) < 4.78 is 36.6. The van der Waals surface area contributed by atoms with Gasteiger partial charge in [0.2, 0.25) is 5.75 Å². The molecule has 0 spiro atoms. The third-order valence-corrected chi connectivity index (χ3v) is 5.67. The highest BCUT2D eigenvalue weighted by Crippen LogP contribution is 2.36. The Kier molecular flexibility index (Phi) is 7.20. The summed E-state index contributed by atoms with van der Waals surface area (Å²) in [5.41, 5.74) is 3.40. The lowest BCUT2D eigenvalue weighted by molar-refractivity contribution is -0.390. The van der Waals surface area contributed by atoms with Crippen molar-refractivity contribution in [2.75, 3.05) is 6.67 Å². The molecule has 0 bridgehead atoms. The number of hydrogen-bond donors (Lipinski definition) is 0. The summed E-state index contributed by atoms with van der Waals surface area (Å²) in [5.74, 6) is -0.961. The first-order valence-electron chi connectivity index (χ1n) is 10.6. The van der Waals surface area contributed by atoms with Crippen LogP contribution in [-0.2, 0) is 13.1 Å². The van der Waals surface area contributed by atoms with Crippen molar-refractivity contribution in [2.45, 2.75) is 33.0 Å². The average molecular weight is 547 g/mol. The van der Waals surface area contributed by atoms with Crippen LogP contribution in [0.4, 0.5) is 14.6 Å². The first kappa shape index (κ1) is 24.5. The third kappa shape index (κ3) is 5.53. The standard InChI is InChI=1S/C23H21BrF2N6O3/c1-14-7-21(31(29-14)13-16-10-28-30(12-16)6-5-25)19-4-3-18(26)9-20(19)15(2)35-22-8-17(24)11-27-23(22)32(33)34/h3-4,7-12,15H,5-6,13H2,1-2H3/t15-/m1/s1. The van der Waals surface area contributed by atoms with Crippen LogP contribution in [0.25, 0.3) is 11.3 Å². The molecule has 0 amide bonds. The molecule has 3 aromatic heterocycles. The normalized spacial score (nSPS) is 12.0. The number of alkyl halides is 1. The lowest BCUT2D eigenvalue weighted by Gasteiger charge is -2.19. The van der Waals surface area contributed by atoms with Crippen molar-refractivity contribution >= 4 is 21.7 Å². The molecule has 0 saturated heterocycles. The maximum Gasteiger partial charge on any atom is 0.406 e. The number of nitrogens with zero attached hydrogens (tertiary/aromatic N) is 6. The van der Waals surface area contributed by atoms with Gasteiger partial charge >= 0.3 is 5.82 Å². The minimum Gasteiger partial charge on any atom is -0.478 e. The molecule has 4 aromatic rings. The topological polar surface area (TPSA) is 101 Å². The van der Waals surface area contributed by atoms with Crippen LogP contribution < -0.4 is 4.74 Å². The summed E-state index contributed by atoms with van der Waals surface area (Å²) in [5, 5.41) is 20.1. The molecule has 0 radical (unpaired) electrons. The zero-order chi connectivity index (χ0) is 25.1. The van der Waals surface area contributed by atoms with E-state index in [-0.39, 0.29) is 12.3 Å². The van der Waals surface area contributed by atoms with E-state index in [1.165, 1.54) is 29.1 Å². The summed E-state index contributed by atoms with van der Waals surface area (Å²) in [4.78, 5) is 14.6. The van der Waals surface area contributed by atoms with Gasteiger partial charge in [-0.1, -0.05) is 0 Å². The lowest BCUT2D eigenvalue weighted by Crippen LogP contribution is -2.10. The van der Waals surface area contributed by atoms with Crippen LogP contribution >= 0.6 is 15.9 Å². The molecule has 35 heavy (non-hydrogen) atoms. The second-order valence-electron chi connectivity index (χ2n) is 7.85. The largest absolute Gasteiger partial charge is 0.478 e. The van der Waals surface area contributed by atoms with Crippen LogP contribution in [-0.4, -0.2) is 36.1 Å². The van der Waals surface area contributed by atoms with Gasteiger partial charge in [0.1, 0.15) is 18.6 Å². The van der Waals surface area contributed by atoms with E-state index >= 15 is 0 Å². The van der Waals surface area contributed by atoms with E-state index in [4.69, 9.17) is 4.74 Å². The SMILES string of the molecule is Cc1cc(-c2ccc(F)cc2[C@@H](C)Oc2cc(Br)cnc2[N+](=O)[O-])n(Cc2cnn(CCF)c2)n1. The van der Waals surface area contributed by atoms with Crippen molar-refractivity contribution in [3.05, 3.63) is 86.1 Å². The first-order chi connectivity index (χ1) is 16.7. The molecule has 3 heterocycles. The Morgan fingerprint density at radius 3 is 2.80 bits per heavy atom. The fraction of sp³-hybridized carbons (Fsp3) is 0.261. The molecular weight excluding hydrogens is 526 g/mol. The molecule has 0 fully saturated rings. The summed E-state index contributed by atoms with van der Waals surface area (Å²) >= 11 is 3.25. The van der Waals surface area contributed by atoms with Gasteiger partial charge in [-0.05, 0) is 64.0 Å². The van der Waals surface area contributed by atoms with Crippen molar-refractivity contribution < 1.29 is 18.4 Å². The molecule has 0 saturated carbocycles. The van der Waals surface area contributed by atoms with Gasteiger partial charge in [-0.3, -0.25) is 9.36 Å². The minimum atomic E-state index is -0.758. The van der Waals surface area contributed by atoms with Crippen molar-refractivity contribution in [2.24, 2.45) is 0 Å². The summed E-state index contributed by atoms with van der Waals surface area (Å²) in [6.07, 6.45) is 3.94. The predicted molar refractivity (Wildman–Crippen MR) is 127 cm³/mol. The molecule has 1 aromatic carbocycles. The number of aromatic nitrogens is 5. The lowest BCUT2D eigenvalue weighted by atomic mass is 9.99. The Hall–Kier alpha value is -3.67. The maximum atomic E-state index is 14.3. The molecule has 0 N–H and O–H groups in total. The van der Waals surface area contributed by atoms with Crippen LogP contribution in [0, 0.1) is 22.9 Å². The number of ether oxygens (including phenoxy) is 1. The summed E-state index contributed by atoms with van der Waals surface area (Å²) in [7, 11) is 0. The van der Waals surface area contributed by atoms with Crippen molar-refractivity contribution in [1.82, 2.24) is 24.5 Å². The fourth-order valence-corrected chi connectivity index (χ4v) is 4.06. The van der Waals surface area contributed by atoms with Gasteiger partial charge in [-0.15, -0.1) is 0 Å². The highest BCUT2D eigenvalue weighted by molar-refractivity contribution is 9.10. The highest BCUT2D eigenvalue weighted by Gasteiger charge is 2.23. The van der Waals surface area contributed by atoms with Gasteiger partial charge in [0, 0.05) is 29.0 Å². The van der Waals surface area contributed by atoms with Crippen molar-refractivity contribution in [3.8, 4) is 17.0 Å². The number of pyridine rings is 1. The number of hydrogen-bond acceptors (Lipinski definition) is 6. The van der Waals surface area contributed by atoms with E-state index in [0.717, 1.165) is 11.3 Å². The molecule has 0 aliphatic rings. The van der Waals surface area contributed by atoms with Crippen LogP contribution in [0.3, 0.4) is 0 Å². The second kappa shape index (κ2) is 10.3. The predicted octanol–water partition coefficient (Wildman–Crippen LogP) is 5.42. The Morgan fingerprint density at radius 1 is 1.26 bits per heavy atom. The molecule has 0 aliphatic carbocycles. The molecule has 182 valence electrons. The second-order valence-corrected chi connectivity index (χ2v) is 8.77. The van der Waals surface area contributed by atoms with Crippen LogP contribution in [0.5, 0.6) is 5.75 Å². The van der Waals surface area contributed by atoms with E-state index in [9.17, 15) is 18.9 Å².